The molecule has 0 aliphatic heterocycles. The van der Waals surface area contributed by atoms with Gasteiger partial charge in [-0.3, -0.25) is 9.59 Å². The third-order valence-corrected chi connectivity index (χ3v) is 6.71. The van der Waals surface area contributed by atoms with Crippen molar-refractivity contribution in [2.45, 2.75) is 13.5 Å². The van der Waals surface area contributed by atoms with E-state index < -0.39 is 5.97 Å². The number of hydrogen-bond acceptors (Lipinski definition) is 8. The smallest absolute Gasteiger partial charge is 0.327 e. The zero-order valence-electron chi connectivity index (χ0n) is 16.4. The minimum Gasteiger partial charge on any atom is -0.465 e. The van der Waals surface area contributed by atoms with Gasteiger partial charge in [-0.05, 0) is 35.6 Å². The van der Waals surface area contributed by atoms with E-state index in [4.69, 9.17) is 9.72 Å². The maximum absolute atomic E-state index is 13.0. The fraction of sp³-hybridized carbons (Fsp3) is 0.136. The number of carbonyl (C=O) groups excluding carboxylic acids is 1. The number of fused-ring (bicyclic) bond motifs is 3. The Kier molecular flexibility index (Phi) is 5.05. The molecule has 9 heteroatoms. The van der Waals surface area contributed by atoms with Crippen LogP contribution >= 0.6 is 22.7 Å². The minimum absolute atomic E-state index is 0.238. The van der Waals surface area contributed by atoms with Crippen LogP contribution in [-0.4, -0.2) is 32.6 Å². The highest BCUT2D eigenvalue weighted by Gasteiger charge is 2.20. The number of rotatable bonds is 5. The zero-order chi connectivity index (χ0) is 21.4. The van der Waals surface area contributed by atoms with Gasteiger partial charge in [0.2, 0.25) is 0 Å². The molecule has 154 valence electrons. The van der Waals surface area contributed by atoms with E-state index in [9.17, 15) is 9.59 Å². The first kappa shape index (κ1) is 19.5. The summed E-state index contributed by atoms with van der Waals surface area (Å²) >= 11 is 2.88. The summed E-state index contributed by atoms with van der Waals surface area (Å²) < 4.78 is 6.39. The molecule has 0 saturated carbocycles. The molecule has 0 aliphatic carbocycles. The Bertz CT molecular complexity index is 1460. The lowest BCUT2D eigenvalue weighted by atomic mass is 10.0. The van der Waals surface area contributed by atoms with Gasteiger partial charge in [-0.25, -0.2) is 4.98 Å². The predicted molar refractivity (Wildman–Crippen MR) is 122 cm³/mol. The van der Waals surface area contributed by atoms with Crippen molar-refractivity contribution in [3.05, 3.63) is 64.3 Å². The Morgan fingerprint density at radius 2 is 2.00 bits per heavy atom. The Balaban J connectivity index is 1.77. The molecule has 5 aromatic rings. The lowest BCUT2D eigenvalue weighted by Gasteiger charge is -2.07. The number of hydrogen-bond donors (Lipinski definition) is 0. The zero-order valence-corrected chi connectivity index (χ0v) is 18.1. The molecule has 0 amide bonds. The maximum atomic E-state index is 13.0. The Hall–Kier alpha value is -3.43. The van der Waals surface area contributed by atoms with Gasteiger partial charge in [0.15, 0.2) is 0 Å². The van der Waals surface area contributed by atoms with E-state index in [2.05, 4.69) is 10.3 Å². The van der Waals surface area contributed by atoms with E-state index in [-0.39, 0.29) is 18.7 Å². The van der Waals surface area contributed by atoms with Gasteiger partial charge in [0.05, 0.1) is 17.2 Å². The van der Waals surface area contributed by atoms with Gasteiger partial charge >= 0.3 is 5.97 Å². The van der Waals surface area contributed by atoms with E-state index in [0.29, 0.717) is 15.0 Å². The van der Waals surface area contributed by atoms with Crippen LogP contribution in [-0.2, 0) is 16.1 Å². The van der Waals surface area contributed by atoms with Crippen molar-refractivity contribution in [2.24, 2.45) is 0 Å². The number of esters is 1. The monoisotopic (exact) mass is 448 g/mol. The molecule has 5 rings (SSSR count). The lowest BCUT2D eigenvalue weighted by Crippen LogP contribution is -2.28. The molecule has 31 heavy (non-hydrogen) atoms. The van der Waals surface area contributed by atoms with Crippen molar-refractivity contribution in [1.29, 1.82) is 0 Å². The van der Waals surface area contributed by atoms with Crippen molar-refractivity contribution in [1.82, 2.24) is 20.0 Å². The third kappa shape index (κ3) is 3.51. The SMILES string of the molecule is CCOC(=O)Cn1nnc2c(sc3nc(-c4cccs4)cc(-c4ccccc4)c32)c1=O. The van der Waals surface area contributed by atoms with Crippen LogP contribution in [0.5, 0.6) is 0 Å². The molecule has 0 unspecified atom stereocenters. The highest BCUT2D eigenvalue weighted by Crippen LogP contribution is 2.39. The molecular formula is C22H16N4O3S2. The molecule has 0 fully saturated rings. The second kappa shape index (κ2) is 8.01. The number of nitrogens with zero attached hydrogens (tertiary/aromatic N) is 4. The van der Waals surface area contributed by atoms with Crippen LogP contribution in [0, 0.1) is 0 Å². The van der Waals surface area contributed by atoms with E-state index in [1.54, 1.807) is 18.3 Å². The van der Waals surface area contributed by atoms with E-state index in [1.165, 1.54) is 11.3 Å². The average Bonchev–Trinajstić information content (AvgIpc) is 3.44. The van der Waals surface area contributed by atoms with Crippen molar-refractivity contribution >= 4 is 49.1 Å². The molecule has 0 radical (unpaired) electrons. The molecule has 0 atom stereocenters. The summed E-state index contributed by atoms with van der Waals surface area (Å²) in [5, 5.41) is 11.1. The standard InChI is InChI=1S/C22H16N4O3S2/c1-2-29-17(27)12-26-22(28)20-19(24-25-26)18-14(13-7-4-3-5-8-13)11-15(23-21(18)31-20)16-9-6-10-30-16/h3-11H,2,12H2,1H3. The van der Waals surface area contributed by atoms with Crippen LogP contribution in [0.2, 0.25) is 0 Å². The summed E-state index contributed by atoms with van der Waals surface area (Å²) in [7, 11) is 0. The van der Waals surface area contributed by atoms with Gasteiger partial charge in [0, 0.05) is 5.39 Å². The van der Waals surface area contributed by atoms with Gasteiger partial charge in [0.25, 0.3) is 5.56 Å². The summed E-state index contributed by atoms with van der Waals surface area (Å²) in [5.41, 5.74) is 2.90. The average molecular weight is 449 g/mol. The van der Waals surface area contributed by atoms with Crippen LogP contribution in [0.25, 0.3) is 42.1 Å². The number of ether oxygens (including phenoxy) is 1. The number of thiophene rings is 2. The van der Waals surface area contributed by atoms with Crippen LogP contribution in [0.1, 0.15) is 6.92 Å². The summed E-state index contributed by atoms with van der Waals surface area (Å²) in [6.07, 6.45) is 0. The van der Waals surface area contributed by atoms with Crippen molar-refractivity contribution < 1.29 is 9.53 Å². The highest BCUT2D eigenvalue weighted by atomic mass is 32.1. The lowest BCUT2D eigenvalue weighted by molar-refractivity contribution is -0.144. The van der Waals surface area contributed by atoms with Crippen LogP contribution in [0.15, 0.2) is 58.7 Å². The van der Waals surface area contributed by atoms with Crippen LogP contribution in [0.4, 0.5) is 0 Å². The van der Waals surface area contributed by atoms with Gasteiger partial charge in [-0.2, -0.15) is 4.68 Å². The molecule has 0 N–H and O–H groups in total. The fourth-order valence-electron chi connectivity index (χ4n) is 3.41. The van der Waals surface area contributed by atoms with Gasteiger partial charge in [0.1, 0.15) is 21.6 Å². The summed E-state index contributed by atoms with van der Waals surface area (Å²) in [6, 6.07) is 16.0. The summed E-state index contributed by atoms with van der Waals surface area (Å²) in [5.74, 6) is -0.526. The van der Waals surface area contributed by atoms with Gasteiger partial charge in [-0.15, -0.1) is 27.8 Å². The molecule has 4 aromatic heterocycles. The Morgan fingerprint density at radius 3 is 2.74 bits per heavy atom. The summed E-state index contributed by atoms with van der Waals surface area (Å²) in [6.45, 7) is 1.68. The second-order valence-electron chi connectivity index (χ2n) is 6.72. The first-order chi connectivity index (χ1) is 15.2. The molecule has 0 spiro atoms. The fourth-order valence-corrected chi connectivity index (χ4v) is 5.17. The quantitative estimate of drug-likeness (QED) is 0.371. The number of carbonyl (C=O) groups is 1. The van der Waals surface area contributed by atoms with E-state index >= 15 is 0 Å². The van der Waals surface area contributed by atoms with E-state index in [0.717, 1.165) is 31.8 Å². The number of benzene rings is 1. The first-order valence-electron chi connectivity index (χ1n) is 9.61. The topological polar surface area (TPSA) is 87.0 Å². The van der Waals surface area contributed by atoms with Crippen molar-refractivity contribution in [3.8, 4) is 21.7 Å². The predicted octanol–water partition coefficient (Wildman–Crippen LogP) is 4.36. The largest absolute Gasteiger partial charge is 0.465 e. The normalized spacial score (nSPS) is 11.3. The van der Waals surface area contributed by atoms with Crippen LogP contribution in [0.3, 0.4) is 0 Å². The Labute approximate surface area is 184 Å². The minimum atomic E-state index is -0.526. The third-order valence-electron chi connectivity index (χ3n) is 4.76. The van der Waals surface area contributed by atoms with Crippen molar-refractivity contribution in [2.75, 3.05) is 6.61 Å². The molecule has 0 saturated heterocycles. The number of aromatic nitrogens is 4. The number of pyridine rings is 1. The first-order valence-corrected chi connectivity index (χ1v) is 11.3. The molecule has 7 nitrogen and oxygen atoms in total. The van der Waals surface area contributed by atoms with E-state index in [1.807, 2.05) is 53.9 Å². The summed E-state index contributed by atoms with van der Waals surface area (Å²) in [4.78, 5) is 31.4. The highest BCUT2D eigenvalue weighted by molar-refractivity contribution is 7.25. The molecule has 0 bridgehead atoms. The van der Waals surface area contributed by atoms with Gasteiger partial charge < -0.3 is 4.74 Å². The molecule has 1 aromatic carbocycles. The Morgan fingerprint density at radius 1 is 1.16 bits per heavy atom. The van der Waals surface area contributed by atoms with Gasteiger partial charge in [-0.1, -0.05) is 41.6 Å². The van der Waals surface area contributed by atoms with Crippen LogP contribution < -0.4 is 5.56 Å². The molecule has 4 heterocycles. The molecular weight excluding hydrogens is 432 g/mol. The molecule has 0 aliphatic rings. The maximum Gasteiger partial charge on any atom is 0.327 e. The second-order valence-corrected chi connectivity index (χ2v) is 8.66. The van der Waals surface area contributed by atoms with Crippen molar-refractivity contribution in [3.63, 3.8) is 0 Å².